The number of nitriles is 1. The quantitative estimate of drug-likeness (QED) is 0.191. The van der Waals surface area contributed by atoms with Crippen molar-refractivity contribution in [2.24, 2.45) is 0 Å². The fourth-order valence-corrected chi connectivity index (χ4v) is 6.98. The molecule has 3 aromatic carbocycles. The molecule has 2 aliphatic carbocycles. The maximum Gasteiger partial charge on any atom is 0.323 e. The largest absolute Gasteiger partial charge is 0.489 e. The van der Waals surface area contributed by atoms with E-state index in [9.17, 15) is 19.6 Å². The summed E-state index contributed by atoms with van der Waals surface area (Å²) >= 11 is 6.91. The van der Waals surface area contributed by atoms with Crippen LogP contribution in [0.15, 0.2) is 73.1 Å². The molecule has 4 aromatic rings. The smallest absolute Gasteiger partial charge is 0.323 e. The number of benzene rings is 3. The maximum atomic E-state index is 14.7. The van der Waals surface area contributed by atoms with Crippen LogP contribution in [-0.4, -0.2) is 21.6 Å². The summed E-state index contributed by atoms with van der Waals surface area (Å²) in [7, 11) is 0. The van der Waals surface area contributed by atoms with Crippen molar-refractivity contribution < 1.29 is 19.0 Å². The van der Waals surface area contributed by atoms with Crippen molar-refractivity contribution >= 4 is 17.6 Å². The van der Waals surface area contributed by atoms with Gasteiger partial charge in [-0.3, -0.25) is 15.1 Å². The molecule has 6 rings (SSSR count). The van der Waals surface area contributed by atoms with E-state index in [-0.39, 0.29) is 24.9 Å². The predicted molar refractivity (Wildman–Crippen MR) is 167 cm³/mol. The second-order valence-electron chi connectivity index (χ2n) is 11.8. The lowest BCUT2D eigenvalue weighted by atomic mass is 9.90. The highest BCUT2D eigenvalue weighted by atomic mass is 35.5. The number of aromatic nitrogens is 1. The Morgan fingerprint density at radius 1 is 1.09 bits per heavy atom. The molecule has 2 aliphatic rings. The molecule has 0 radical (unpaired) electrons. The highest BCUT2D eigenvalue weighted by Crippen LogP contribution is 2.43. The molecule has 1 saturated carbocycles. The molecule has 0 aliphatic heterocycles. The van der Waals surface area contributed by atoms with Gasteiger partial charge in [-0.05, 0) is 84.5 Å². The third-order valence-electron chi connectivity index (χ3n) is 9.06. The van der Waals surface area contributed by atoms with Crippen LogP contribution in [0.2, 0.25) is 5.02 Å². The highest BCUT2D eigenvalue weighted by Gasteiger charge is 2.41. The second kappa shape index (κ2) is 12.8. The number of nitrogens with one attached hydrogen (secondary N) is 1. The van der Waals surface area contributed by atoms with Gasteiger partial charge in [0, 0.05) is 40.7 Å². The number of aliphatic carboxylic acids is 1. The first-order valence-corrected chi connectivity index (χ1v) is 15.4. The molecule has 6 nitrogen and oxygen atoms in total. The van der Waals surface area contributed by atoms with E-state index in [0.717, 1.165) is 47.9 Å². The van der Waals surface area contributed by atoms with Crippen molar-refractivity contribution in [1.29, 1.82) is 5.26 Å². The van der Waals surface area contributed by atoms with Crippen LogP contribution in [0.1, 0.15) is 71.4 Å². The van der Waals surface area contributed by atoms with Crippen molar-refractivity contribution in [2.75, 3.05) is 0 Å². The first-order chi connectivity index (χ1) is 21.4. The number of nitrogens with zero attached hydrogens (tertiary/aromatic N) is 2. The Kier molecular flexibility index (Phi) is 8.65. The molecule has 1 heterocycles. The minimum Gasteiger partial charge on any atom is -0.489 e. The zero-order valence-corrected chi connectivity index (χ0v) is 25.0. The minimum absolute atomic E-state index is 0.193. The Bertz CT molecular complexity index is 1750. The van der Waals surface area contributed by atoms with E-state index >= 15 is 0 Å². The minimum atomic E-state index is -0.961. The second-order valence-corrected chi connectivity index (χ2v) is 12.2. The average Bonchev–Trinajstić information content (AvgIpc) is 3.69. The lowest BCUT2D eigenvalue weighted by molar-refractivity contribution is -0.144. The number of pyridine rings is 1. The number of carbonyl (C=O) groups is 1. The topological polar surface area (TPSA) is 95.2 Å². The Morgan fingerprint density at radius 2 is 1.89 bits per heavy atom. The number of hydrogen-bond donors (Lipinski definition) is 2. The molecule has 1 atom stereocenters. The summed E-state index contributed by atoms with van der Waals surface area (Å²) < 4.78 is 21.0. The number of carboxylic acid groups (broad SMARTS) is 1. The zero-order chi connectivity index (χ0) is 30.7. The van der Waals surface area contributed by atoms with Gasteiger partial charge in [0.2, 0.25) is 0 Å². The Balaban J connectivity index is 1.29. The summed E-state index contributed by atoms with van der Waals surface area (Å²) in [5, 5.41) is 23.2. The van der Waals surface area contributed by atoms with Crippen molar-refractivity contribution in [1.82, 2.24) is 10.3 Å². The van der Waals surface area contributed by atoms with Gasteiger partial charge in [0.15, 0.2) is 0 Å². The molecule has 1 fully saturated rings. The summed E-state index contributed by atoms with van der Waals surface area (Å²) in [5.41, 5.74) is 5.87. The lowest BCUT2D eigenvalue weighted by Crippen LogP contribution is -2.49. The first kappa shape index (κ1) is 29.8. The molecule has 0 saturated heterocycles. The summed E-state index contributed by atoms with van der Waals surface area (Å²) in [6.45, 7) is 0.481. The number of fused-ring (bicyclic) bond motifs is 1. The van der Waals surface area contributed by atoms with E-state index < -0.39 is 11.5 Å². The molecule has 0 spiro atoms. The third kappa shape index (κ3) is 6.06. The van der Waals surface area contributed by atoms with E-state index in [1.165, 1.54) is 23.4 Å². The summed E-state index contributed by atoms with van der Waals surface area (Å²) in [6, 6.07) is 20.7. The fourth-order valence-electron chi connectivity index (χ4n) is 6.71. The number of halogens is 2. The number of ether oxygens (including phenoxy) is 1. The van der Waals surface area contributed by atoms with Crippen LogP contribution in [0.3, 0.4) is 0 Å². The monoisotopic (exact) mass is 609 g/mol. The van der Waals surface area contributed by atoms with Crippen molar-refractivity contribution in [3.63, 3.8) is 0 Å². The predicted octanol–water partition coefficient (Wildman–Crippen LogP) is 7.75. The number of hydrogen-bond acceptors (Lipinski definition) is 5. The van der Waals surface area contributed by atoms with Crippen LogP contribution in [0.25, 0.3) is 11.1 Å². The van der Waals surface area contributed by atoms with Gasteiger partial charge in [-0.25, -0.2) is 4.39 Å². The number of rotatable bonds is 10. The van der Waals surface area contributed by atoms with Crippen molar-refractivity contribution in [2.45, 2.75) is 69.6 Å². The summed E-state index contributed by atoms with van der Waals surface area (Å²) in [4.78, 5) is 16.3. The lowest BCUT2D eigenvalue weighted by Gasteiger charge is -2.26. The summed E-state index contributed by atoms with van der Waals surface area (Å²) in [5.74, 6) is -0.252. The zero-order valence-electron chi connectivity index (χ0n) is 24.3. The van der Waals surface area contributed by atoms with E-state index in [1.54, 1.807) is 18.3 Å². The molecule has 224 valence electrons. The van der Waals surface area contributed by atoms with Gasteiger partial charge in [0.25, 0.3) is 0 Å². The third-order valence-corrected chi connectivity index (χ3v) is 9.41. The van der Waals surface area contributed by atoms with Gasteiger partial charge < -0.3 is 9.84 Å². The van der Waals surface area contributed by atoms with Gasteiger partial charge in [0.05, 0.1) is 5.56 Å². The SMILES string of the molecule is N#Cc1cncc(COc2cc(C[C@H]3CCc4c(-c5ccccc5F)cccc43)c(Cl)cc2CNC2(C(=O)O)CCCC2)c1. The standard InChI is InChI=1S/C36H33ClFN3O3/c37-32-16-27(21-41-36(35(42)43)12-3-4-13-36)34(44-22-24-14-23(18-39)19-40-20-24)17-26(32)15-25-10-11-30-28(25)7-5-8-29(30)31-6-1-2-9-33(31)38/h1-2,5-9,14,16-17,19-20,25,41H,3-4,10-13,15,21-22H2,(H,42,43)/t25-/m1/s1. The van der Waals surface area contributed by atoms with Gasteiger partial charge in [-0.2, -0.15) is 5.26 Å². The van der Waals surface area contributed by atoms with Gasteiger partial charge in [-0.1, -0.05) is 60.8 Å². The normalized spacial score (nSPS) is 16.8. The Hall–Kier alpha value is -4.25. The van der Waals surface area contributed by atoms with E-state index in [1.807, 2.05) is 36.4 Å². The molecule has 0 unspecified atom stereocenters. The van der Waals surface area contributed by atoms with Crippen LogP contribution < -0.4 is 10.1 Å². The van der Waals surface area contributed by atoms with Crippen LogP contribution in [0, 0.1) is 17.1 Å². The van der Waals surface area contributed by atoms with Crippen molar-refractivity contribution in [3.8, 4) is 22.9 Å². The molecule has 0 bridgehead atoms. The van der Waals surface area contributed by atoms with Crippen LogP contribution >= 0.6 is 11.6 Å². The van der Waals surface area contributed by atoms with Crippen molar-refractivity contribution in [3.05, 3.63) is 117 Å². The van der Waals surface area contributed by atoms with Gasteiger partial charge in [-0.15, -0.1) is 0 Å². The van der Waals surface area contributed by atoms with Crippen LogP contribution in [-0.2, 0) is 30.8 Å². The fraction of sp³-hybridized carbons (Fsp3) is 0.306. The highest BCUT2D eigenvalue weighted by molar-refractivity contribution is 6.31. The Labute approximate surface area is 261 Å². The molecule has 1 aromatic heterocycles. The van der Waals surface area contributed by atoms with Gasteiger partial charge >= 0.3 is 5.97 Å². The molecular weight excluding hydrogens is 577 g/mol. The molecule has 0 amide bonds. The van der Waals surface area contributed by atoms with Gasteiger partial charge in [0.1, 0.15) is 29.8 Å². The van der Waals surface area contributed by atoms with E-state index in [4.69, 9.17) is 16.3 Å². The average molecular weight is 610 g/mol. The molecule has 2 N–H and O–H groups in total. The number of carboxylic acids is 1. The van der Waals surface area contributed by atoms with Crippen LogP contribution in [0.4, 0.5) is 4.39 Å². The maximum absolute atomic E-state index is 14.7. The van der Waals surface area contributed by atoms with Crippen LogP contribution in [0.5, 0.6) is 5.75 Å². The molecular formula is C36H33ClFN3O3. The summed E-state index contributed by atoms with van der Waals surface area (Å²) in [6.07, 6.45) is 8.51. The first-order valence-electron chi connectivity index (χ1n) is 15.0. The Morgan fingerprint density at radius 3 is 2.66 bits per heavy atom. The molecule has 44 heavy (non-hydrogen) atoms. The van der Waals surface area contributed by atoms with E-state index in [2.05, 4.69) is 22.4 Å². The molecule has 8 heteroatoms. The van der Waals surface area contributed by atoms with E-state index in [0.29, 0.717) is 41.2 Å².